The molecule has 1 aliphatic rings. The van der Waals surface area contributed by atoms with Crippen LogP contribution in [0.25, 0.3) is 0 Å². The summed E-state index contributed by atoms with van der Waals surface area (Å²) in [4.78, 5) is 26.3. The van der Waals surface area contributed by atoms with E-state index in [0.717, 1.165) is 10.5 Å². The molecule has 6 nitrogen and oxygen atoms in total. The van der Waals surface area contributed by atoms with Crippen molar-refractivity contribution in [2.75, 3.05) is 6.61 Å². The normalized spacial score (nSPS) is 24.2. The van der Waals surface area contributed by atoms with Gasteiger partial charge >= 0.3 is 12.1 Å². The molecule has 138 valence electrons. The smallest absolute Gasteiger partial charge is 0.413 e. The maximum atomic E-state index is 12.8. The lowest BCUT2D eigenvalue weighted by Gasteiger charge is -2.34. The number of esters is 1. The van der Waals surface area contributed by atoms with E-state index in [4.69, 9.17) is 15.6 Å². The molecule has 0 unspecified atom stereocenters. The summed E-state index contributed by atoms with van der Waals surface area (Å²) in [7, 11) is 0. The largest absolute Gasteiger partial charge is 0.461 e. The maximum Gasteiger partial charge on any atom is 0.413 e. The summed E-state index contributed by atoms with van der Waals surface area (Å²) < 4.78 is 24.8. The van der Waals surface area contributed by atoms with Gasteiger partial charge in [-0.15, -0.1) is 0 Å². The number of amides is 1. The van der Waals surface area contributed by atoms with Gasteiger partial charge in [-0.05, 0) is 19.4 Å². The number of ether oxygens (including phenoxy) is 3. The third-order valence-electron chi connectivity index (χ3n) is 3.62. The monoisotopic (exact) mass is 350 g/mol. The molecule has 0 radical (unpaired) electrons. The number of carbonyl (C=O) groups is 2. The van der Waals surface area contributed by atoms with E-state index in [9.17, 15) is 9.59 Å². The fourth-order valence-corrected chi connectivity index (χ4v) is 2.51. The Bertz CT molecular complexity index is 643. The molecule has 2 rings (SSSR count). The van der Waals surface area contributed by atoms with Crippen LogP contribution in [0.5, 0.6) is 0 Å². The zero-order valence-electron chi connectivity index (χ0n) is 16.4. The van der Waals surface area contributed by atoms with Crippen LogP contribution in [0, 0.1) is 5.41 Å². The molecule has 0 N–H and O–H groups in total. The number of hydrogen-bond donors (Lipinski definition) is 0. The first kappa shape index (κ1) is 17.7. The molecule has 0 saturated carbocycles. The van der Waals surface area contributed by atoms with E-state index in [0.29, 0.717) is 0 Å². The summed E-state index contributed by atoms with van der Waals surface area (Å²) in [6, 6.07) is 7.23. The maximum absolute atomic E-state index is 12.8. The van der Waals surface area contributed by atoms with Crippen LogP contribution in [-0.4, -0.2) is 41.9 Å². The Balaban J connectivity index is 2.23. The first-order valence-electron chi connectivity index (χ1n) is 8.88. The zero-order valence-corrected chi connectivity index (χ0v) is 15.4. The van der Waals surface area contributed by atoms with Crippen LogP contribution in [0.4, 0.5) is 4.79 Å². The van der Waals surface area contributed by atoms with Gasteiger partial charge in [0, 0.05) is 5.41 Å². The van der Waals surface area contributed by atoms with Gasteiger partial charge in [0.2, 0.25) is 0 Å². The Hall–Kier alpha value is -2.08. The van der Waals surface area contributed by atoms with Gasteiger partial charge < -0.3 is 14.2 Å². The van der Waals surface area contributed by atoms with E-state index in [2.05, 4.69) is 0 Å². The minimum absolute atomic E-state index is 0.0440. The number of hydrogen-bond acceptors (Lipinski definition) is 5. The van der Waals surface area contributed by atoms with Crippen molar-refractivity contribution in [3.63, 3.8) is 0 Å². The lowest BCUT2D eigenvalue weighted by atomic mass is 9.93. The highest BCUT2D eigenvalue weighted by molar-refractivity contribution is 5.82. The molecule has 1 amide bonds. The van der Waals surface area contributed by atoms with Crippen LogP contribution in [0.1, 0.15) is 41.6 Å². The average Bonchev–Trinajstić information content (AvgIpc) is 2.92. The molecule has 1 heterocycles. The van der Waals surface area contributed by atoms with Crippen molar-refractivity contribution in [3.05, 3.63) is 35.9 Å². The van der Waals surface area contributed by atoms with Crippen molar-refractivity contribution < 1.29 is 25.2 Å². The number of rotatable bonds is 4. The third-order valence-corrected chi connectivity index (χ3v) is 3.62. The van der Waals surface area contributed by atoms with Crippen molar-refractivity contribution in [1.82, 2.24) is 4.90 Å². The van der Waals surface area contributed by atoms with E-state index in [1.807, 2.05) is 51.1 Å². The Morgan fingerprint density at radius 1 is 1.32 bits per heavy atom. The summed E-state index contributed by atoms with van der Waals surface area (Å²) in [6.07, 6.45) is -1.95. The SMILES string of the molecule is [2H][C@]1(C(=O)OC(C)C)CO[C@@H](C(C)(C)C)N1C(=O)OCc1ccccc1. The second-order valence-corrected chi connectivity index (χ2v) is 7.34. The molecule has 6 heteroatoms. The molecule has 1 aliphatic heterocycles. The van der Waals surface area contributed by atoms with Crippen molar-refractivity contribution in [1.29, 1.82) is 0 Å². The molecule has 0 spiro atoms. The summed E-state index contributed by atoms with van der Waals surface area (Å²) in [5.41, 5.74) is 0.306. The lowest BCUT2D eigenvalue weighted by Crippen LogP contribution is -2.51. The summed E-state index contributed by atoms with van der Waals surface area (Å²) in [6.45, 7) is 8.77. The molecule has 1 saturated heterocycles. The van der Waals surface area contributed by atoms with Crippen LogP contribution in [0.2, 0.25) is 0 Å². The molecule has 2 atom stereocenters. The molecule has 0 bridgehead atoms. The Labute approximate surface area is 150 Å². The molecular formula is C19H27NO5. The predicted octanol–water partition coefficient (Wildman–Crippen LogP) is 3.35. The number of carbonyl (C=O) groups excluding carboxylic acids is 2. The average molecular weight is 350 g/mol. The standard InChI is InChI=1S/C19H27NO5/c1-13(2)25-16(21)15-12-23-17(19(3,4)5)20(15)18(22)24-11-14-9-7-6-8-10-14/h6-10,13,15,17H,11-12H2,1-5H3/t15-,17+/m1/s1/i15D. The molecule has 1 aromatic carbocycles. The van der Waals surface area contributed by atoms with Gasteiger partial charge in [0.1, 0.15) is 12.8 Å². The molecule has 1 aromatic rings. The van der Waals surface area contributed by atoms with Gasteiger partial charge in [-0.3, -0.25) is 4.90 Å². The highest BCUT2D eigenvalue weighted by Crippen LogP contribution is 2.33. The molecule has 25 heavy (non-hydrogen) atoms. The Kier molecular flexibility index (Phi) is 5.58. The van der Waals surface area contributed by atoms with Gasteiger partial charge in [0.15, 0.2) is 6.02 Å². The quantitative estimate of drug-likeness (QED) is 0.779. The van der Waals surface area contributed by atoms with Crippen LogP contribution < -0.4 is 0 Å². The molecule has 1 fully saturated rings. The first-order valence-corrected chi connectivity index (χ1v) is 8.38. The van der Waals surface area contributed by atoms with Crippen LogP contribution in [0.15, 0.2) is 30.3 Å². The van der Waals surface area contributed by atoms with Crippen molar-refractivity contribution in [2.45, 2.75) is 59.6 Å². The van der Waals surface area contributed by atoms with Gasteiger partial charge in [-0.25, -0.2) is 9.59 Å². The minimum Gasteiger partial charge on any atom is -0.461 e. The number of nitrogens with zero attached hydrogens (tertiary/aromatic N) is 1. The fourth-order valence-electron chi connectivity index (χ4n) is 2.51. The molecular weight excluding hydrogens is 322 g/mol. The highest BCUT2D eigenvalue weighted by Gasteiger charge is 2.48. The van der Waals surface area contributed by atoms with Crippen LogP contribution >= 0.6 is 0 Å². The van der Waals surface area contributed by atoms with Gasteiger partial charge in [0.25, 0.3) is 0 Å². The molecule has 0 aromatic heterocycles. The Morgan fingerprint density at radius 2 is 1.96 bits per heavy atom. The minimum atomic E-state index is -1.98. The van der Waals surface area contributed by atoms with Crippen molar-refractivity contribution in [2.24, 2.45) is 5.41 Å². The predicted molar refractivity (Wildman–Crippen MR) is 92.7 cm³/mol. The zero-order chi connectivity index (χ0) is 19.5. The van der Waals surface area contributed by atoms with E-state index >= 15 is 0 Å². The second kappa shape index (κ2) is 7.87. The first-order chi connectivity index (χ1) is 12.1. The van der Waals surface area contributed by atoms with E-state index in [1.54, 1.807) is 13.8 Å². The summed E-state index contributed by atoms with van der Waals surface area (Å²) in [5, 5.41) is 0. The molecule has 0 aliphatic carbocycles. The fraction of sp³-hybridized carbons (Fsp3) is 0.579. The highest BCUT2D eigenvalue weighted by atomic mass is 16.6. The summed E-state index contributed by atoms with van der Waals surface area (Å²) in [5.74, 6) is -0.823. The second-order valence-electron chi connectivity index (χ2n) is 7.34. The van der Waals surface area contributed by atoms with Crippen molar-refractivity contribution >= 4 is 12.1 Å². The Morgan fingerprint density at radius 3 is 2.52 bits per heavy atom. The van der Waals surface area contributed by atoms with Crippen LogP contribution in [0.3, 0.4) is 0 Å². The van der Waals surface area contributed by atoms with E-state index in [-0.39, 0.29) is 13.2 Å². The van der Waals surface area contributed by atoms with Gasteiger partial charge in [-0.2, -0.15) is 0 Å². The van der Waals surface area contributed by atoms with E-state index < -0.39 is 35.8 Å². The van der Waals surface area contributed by atoms with E-state index in [1.165, 1.54) is 0 Å². The van der Waals surface area contributed by atoms with Gasteiger partial charge in [-0.1, -0.05) is 51.1 Å². The topological polar surface area (TPSA) is 65.1 Å². The van der Waals surface area contributed by atoms with Crippen LogP contribution in [-0.2, 0) is 25.6 Å². The van der Waals surface area contributed by atoms with Crippen molar-refractivity contribution in [3.8, 4) is 0 Å². The summed E-state index contributed by atoms with van der Waals surface area (Å²) >= 11 is 0. The number of benzene rings is 1. The lowest BCUT2D eigenvalue weighted by molar-refractivity contribution is -0.152. The van der Waals surface area contributed by atoms with Gasteiger partial charge in [0.05, 0.1) is 14.1 Å². The third kappa shape index (κ3) is 4.95.